The number of nitrogens with one attached hydrogen (secondary N) is 1. The van der Waals surface area contributed by atoms with E-state index in [9.17, 15) is 0 Å². The molecule has 5 heteroatoms. The molecule has 0 spiro atoms. The third-order valence-electron chi connectivity index (χ3n) is 2.83. The van der Waals surface area contributed by atoms with Crippen LogP contribution in [0.5, 0.6) is 0 Å². The van der Waals surface area contributed by atoms with Gasteiger partial charge in [-0.1, -0.05) is 0 Å². The Morgan fingerprint density at radius 2 is 2.31 bits per heavy atom. The number of imidazole rings is 1. The summed E-state index contributed by atoms with van der Waals surface area (Å²) in [6.07, 6.45) is 6.53. The van der Waals surface area contributed by atoms with Gasteiger partial charge in [-0.3, -0.25) is 0 Å². The van der Waals surface area contributed by atoms with Crippen molar-refractivity contribution in [3.05, 3.63) is 29.8 Å². The van der Waals surface area contributed by atoms with Crippen LogP contribution in [0.15, 0.2) is 18.6 Å². The van der Waals surface area contributed by atoms with E-state index in [0.29, 0.717) is 5.82 Å². The number of hydrogen-bond donors (Lipinski definition) is 1. The fourth-order valence-corrected chi connectivity index (χ4v) is 1.92. The van der Waals surface area contributed by atoms with Crippen LogP contribution >= 0.6 is 0 Å². The van der Waals surface area contributed by atoms with Crippen molar-refractivity contribution in [1.29, 1.82) is 0 Å². The molecule has 1 aliphatic heterocycles. The molecule has 1 aliphatic rings. The first-order chi connectivity index (χ1) is 7.84. The molecular formula is C11H13N5. The van der Waals surface area contributed by atoms with Crippen molar-refractivity contribution < 1.29 is 0 Å². The van der Waals surface area contributed by atoms with E-state index >= 15 is 0 Å². The summed E-state index contributed by atoms with van der Waals surface area (Å²) in [5, 5.41) is 3.31. The lowest BCUT2D eigenvalue weighted by atomic mass is 10.1. The quantitative estimate of drug-likeness (QED) is 0.753. The molecule has 0 fully saturated rings. The predicted molar refractivity (Wildman–Crippen MR) is 59.6 cm³/mol. The minimum absolute atomic E-state index is 0.716. The average molecular weight is 215 g/mol. The largest absolute Gasteiger partial charge is 0.331 e. The van der Waals surface area contributed by atoms with Crippen LogP contribution in [0.4, 0.5) is 0 Å². The summed E-state index contributed by atoms with van der Waals surface area (Å²) in [4.78, 5) is 13.2. The van der Waals surface area contributed by atoms with Gasteiger partial charge in [-0.05, 0) is 0 Å². The van der Waals surface area contributed by atoms with Gasteiger partial charge in [0.15, 0.2) is 11.6 Å². The third-order valence-corrected chi connectivity index (χ3v) is 2.83. The zero-order valence-corrected chi connectivity index (χ0v) is 9.14. The van der Waals surface area contributed by atoms with Crippen LogP contribution in [-0.4, -0.2) is 26.1 Å². The zero-order chi connectivity index (χ0) is 11.0. The average Bonchev–Trinajstić information content (AvgIpc) is 2.75. The Morgan fingerprint density at radius 3 is 3.12 bits per heavy atom. The molecule has 16 heavy (non-hydrogen) atoms. The Hall–Kier alpha value is -1.75. The summed E-state index contributed by atoms with van der Waals surface area (Å²) in [5.41, 5.74) is 2.34. The van der Waals surface area contributed by atoms with E-state index in [0.717, 1.165) is 31.0 Å². The molecule has 0 amide bonds. The van der Waals surface area contributed by atoms with Gasteiger partial charge in [0.2, 0.25) is 0 Å². The van der Waals surface area contributed by atoms with Crippen molar-refractivity contribution in [3.63, 3.8) is 0 Å². The second-order valence-electron chi connectivity index (χ2n) is 3.95. The van der Waals surface area contributed by atoms with Crippen molar-refractivity contribution >= 4 is 0 Å². The van der Waals surface area contributed by atoms with Crippen LogP contribution in [0.1, 0.15) is 11.3 Å². The molecule has 2 aromatic rings. The SMILES string of the molecule is Cn1ccnc1-c1ncc2c(n1)CCNC2. The number of fused-ring (bicyclic) bond motifs is 1. The molecule has 0 aliphatic carbocycles. The van der Waals surface area contributed by atoms with Crippen LogP contribution < -0.4 is 5.32 Å². The molecule has 5 nitrogen and oxygen atoms in total. The van der Waals surface area contributed by atoms with Gasteiger partial charge >= 0.3 is 0 Å². The summed E-state index contributed by atoms with van der Waals surface area (Å²) in [6, 6.07) is 0. The predicted octanol–water partition coefficient (Wildman–Crippen LogP) is 0.523. The molecule has 0 radical (unpaired) electrons. The smallest absolute Gasteiger partial charge is 0.196 e. The summed E-state index contributed by atoms with van der Waals surface area (Å²) in [5.74, 6) is 1.54. The molecule has 2 aromatic heterocycles. The maximum absolute atomic E-state index is 4.58. The number of rotatable bonds is 1. The molecule has 0 unspecified atom stereocenters. The van der Waals surface area contributed by atoms with Gasteiger partial charge in [-0.15, -0.1) is 0 Å². The van der Waals surface area contributed by atoms with Crippen LogP contribution in [0.2, 0.25) is 0 Å². The highest BCUT2D eigenvalue weighted by Gasteiger charge is 2.13. The van der Waals surface area contributed by atoms with E-state index < -0.39 is 0 Å². The van der Waals surface area contributed by atoms with Gasteiger partial charge in [-0.2, -0.15) is 0 Å². The molecule has 0 saturated carbocycles. The molecule has 3 rings (SSSR count). The van der Waals surface area contributed by atoms with Gasteiger partial charge in [0.1, 0.15) is 0 Å². The summed E-state index contributed by atoms with van der Waals surface area (Å²) in [7, 11) is 1.95. The van der Waals surface area contributed by atoms with Crippen LogP contribution in [0.3, 0.4) is 0 Å². The molecule has 0 saturated heterocycles. The standard InChI is InChI=1S/C11H13N5/c1-16-5-4-13-11(16)10-14-7-8-6-12-3-2-9(8)15-10/h4-5,7,12H,2-3,6H2,1H3. The molecule has 0 atom stereocenters. The summed E-state index contributed by atoms with van der Waals surface area (Å²) < 4.78 is 1.93. The Bertz CT molecular complexity index is 517. The first kappa shape index (κ1) is 9.47. The Kier molecular flexibility index (Phi) is 2.18. The van der Waals surface area contributed by atoms with E-state index in [1.54, 1.807) is 6.20 Å². The second kappa shape index (κ2) is 3.68. The lowest BCUT2D eigenvalue weighted by Crippen LogP contribution is -2.25. The maximum atomic E-state index is 4.58. The topological polar surface area (TPSA) is 55.6 Å². The molecular weight excluding hydrogens is 202 g/mol. The minimum Gasteiger partial charge on any atom is -0.331 e. The van der Waals surface area contributed by atoms with Gasteiger partial charge in [0.25, 0.3) is 0 Å². The van der Waals surface area contributed by atoms with Gasteiger partial charge in [0, 0.05) is 50.7 Å². The lowest BCUT2D eigenvalue weighted by molar-refractivity contribution is 0.626. The lowest BCUT2D eigenvalue weighted by Gasteiger charge is -2.15. The van der Waals surface area contributed by atoms with Crippen LogP contribution in [0.25, 0.3) is 11.6 Å². The van der Waals surface area contributed by atoms with Crippen molar-refractivity contribution in [2.75, 3.05) is 6.54 Å². The monoisotopic (exact) mass is 215 g/mol. The Morgan fingerprint density at radius 1 is 1.38 bits per heavy atom. The van der Waals surface area contributed by atoms with Crippen molar-refractivity contribution in [2.24, 2.45) is 7.05 Å². The van der Waals surface area contributed by atoms with Crippen molar-refractivity contribution in [1.82, 2.24) is 24.8 Å². The van der Waals surface area contributed by atoms with E-state index in [-0.39, 0.29) is 0 Å². The third kappa shape index (κ3) is 1.49. The van der Waals surface area contributed by atoms with Gasteiger partial charge in [-0.25, -0.2) is 15.0 Å². The Labute approximate surface area is 93.6 Å². The van der Waals surface area contributed by atoms with E-state index in [2.05, 4.69) is 20.3 Å². The van der Waals surface area contributed by atoms with E-state index in [1.165, 1.54) is 5.56 Å². The number of aromatic nitrogens is 4. The Balaban J connectivity index is 2.06. The maximum Gasteiger partial charge on any atom is 0.196 e. The van der Waals surface area contributed by atoms with E-state index in [4.69, 9.17) is 0 Å². The number of aryl methyl sites for hydroxylation is 1. The van der Waals surface area contributed by atoms with E-state index in [1.807, 2.05) is 24.0 Å². The fourth-order valence-electron chi connectivity index (χ4n) is 1.92. The normalized spacial score (nSPS) is 14.8. The molecule has 0 aromatic carbocycles. The van der Waals surface area contributed by atoms with Crippen LogP contribution in [0, 0.1) is 0 Å². The second-order valence-corrected chi connectivity index (χ2v) is 3.95. The van der Waals surface area contributed by atoms with Gasteiger partial charge < -0.3 is 9.88 Å². The van der Waals surface area contributed by atoms with Crippen LogP contribution in [-0.2, 0) is 20.0 Å². The highest BCUT2D eigenvalue weighted by molar-refractivity contribution is 5.44. The number of nitrogens with zero attached hydrogens (tertiary/aromatic N) is 4. The molecule has 82 valence electrons. The minimum atomic E-state index is 0.716. The zero-order valence-electron chi connectivity index (χ0n) is 9.14. The highest BCUT2D eigenvalue weighted by atomic mass is 15.1. The molecule has 0 bridgehead atoms. The first-order valence-corrected chi connectivity index (χ1v) is 5.38. The summed E-state index contributed by atoms with van der Waals surface area (Å²) in [6.45, 7) is 1.86. The van der Waals surface area contributed by atoms with Gasteiger partial charge in [0.05, 0.1) is 5.69 Å². The van der Waals surface area contributed by atoms with Crippen molar-refractivity contribution in [3.8, 4) is 11.6 Å². The van der Waals surface area contributed by atoms with Crippen molar-refractivity contribution in [2.45, 2.75) is 13.0 Å². The first-order valence-electron chi connectivity index (χ1n) is 5.38. The highest BCUT2D eigenvalue weighted by Crippen LogP contribution is 2.16. The number of hydrogen-bond acceptors (Lipinski definition) is 4. The molecule has 3 heterocycles. The fraction of sp³-hybridized carbons (Fsp3) is 0.364. The molecule has 1 N–H and O–H groups in total. The summed E-state index contributed by atoms with van der Waals surface area (Å²) >= 11 is 0.